The lowest BCUT2D eigenvalue weighted by molar-refractivity contribution is -0.141. The van der Waals surface area contributed by atoms with E-state index in [4.69, 9.17) is 4.74 Å². The van der Waals surface area contributed by atoms with Crippen LogP contribution in [0.2, 0.25) is 0 Å². The van der Waals surface area contributed by atoms with Gasteiger partial charge in [0, 0.05) is 39.8 Å². The topological polar surface area (TPSA) is 61.2 Å². The van der Waals surface area contributed by atoms with Gasteiger partial charge in [0.2, 0.25) is 5.78 Å². The fourth-order valence-corrected chi connectivity index (χ4v) is 4.35. The highest BCUT2D eigenvalue weighted by atomic mass is 32.1. The standard InChI is InChI=1S/C20H20N2O3S2/c1-4-6-22-13(2)8-17(14(22)3)18(23)10-25-19(24)9-16-12-27-20(21-16)15-5-7-26-11-15/h4-5,7-8,11-12H,1,6,9-10H2,2-3H3. The highest BCUT2D eigenvalue weighted by molar-refractivity contribution is 7.14. The van der Waals surface area contributed by atoms with E-state index in [1.165, 1.54) is 11.3 Å². The molecular formula is C20H20N2O3S2. The second kappa shape index (κ2) is 8.45. The van der Waals surface area contributed by atoms with E-state index in [0.29, 0.717) is 17.8 Å². The minimum absolute atomic E-state index is 0.0589. The Bertz CT molecular complexity index is 968. The summed E-state index contributed by atoms with van der Waals surface area (Å²) in [5, 5.41) is 6.73. The van der Waals surface area contributed by atoms with Crippen LogP contribution in [0.1, 0.15) is 27.4 Å². The highest BCUT2D eigenvalue weighted by Gasteiger charge is 2.17. The van der Waals surface area contributed by atoms with Crippen LogP contribution in [0.3, 0.4) is 0 Å². The number of ketones is 1. The lowest BCUT2D eigenvalue weighted by Gasteiger charge is -2.06. The van der Waals surface area contributed by atoms with Crippen molar-refractivity contribution in [1.29, 1.82) is 0 Å². The largest absolute Gasteiger partial charge is 0.457 e. The second-order valence-corrected chi connectivity index (χ2v) is 7.74. The number of nitrogens with zero attached hydrogens (tertiary/aromatic N) is 2. The molecule has 27 heavy (non-hydrogen) atoms. The number of hydrogen-bond acceptors (Lipinski definition) is 6. The van der Waals surface area contributed by atoms with Crippen LogP contribution in [0.4, 0.5) is 0 Å². The molecule has 3 rings (SSSR count). The molecule has 0 fully saturated rings. The molecule has 0 saturated heterocycles. The fraction of sp³-hybridized carbons (Fsp3) is 0.250. The van der Waals surface area contributed by atoms with Gasteiger partial charge in [0.25, 0.3) is 0 Å². The Labute approximate surface area is 165 Å². The predicted molar refractivity (Wildman–Crippen MR) is 109 cm³/mol. The average Bonchev–Trinajstić information content (AvgIpc) is 3.37. The van der Waals surface area contributed by atoms with Gasteiger partial charge in [0.1, 0.15) is 5.01 Å². The molecule has 7 heteroatoms. The van der Waals surface area contributed by atoms with Gasteiger partial charge in [0.15, 0.2) is 6.61 Å². The van der Waals surface area contributed by atoms with Crippen molar-refractivity contribution in [2.45, 2.75) is 26.8 Å². The smallest absolute Gasteiger partial charge is 0.312 e. The van der Waals surface area contributed by atoms with Crippen molar-refractivity contribution in [2.24, 2.45) is 0 Å². The molecule has 3 aromatic heterocycles. The van der Waals surface area contributed by atoms with Crippen molar-refractivity contribution < 1.29 is 14.3 Å². The lowest BCUT2D eigenvalue weighted by atomic mass is 10.1. The maximum absolute atomic E-state index is 12.4. The van der Waals surface area contributed by atoms with Gasteiger partial charge in [-0.05, 0) is 31.4 Å². The fourth-order valence-electron chi connectivity index (χ4n) is 2.82. The van der Waals surface area contributed by atoms with E-state index in [1.807, 2.05) is 46.7 Å². The van der Waals surface area contributed by atoms with Gasteiger partial charge in [-0.1, -0.05) is 6.08 Å². The third-order valence-electron chi connectivity index (χ3n) is 4.20. The molecule has 0 bridgehead atoms. The highest BCUT2D eigenvalue weighted by Crippen LogP contribution is 2.26. The molecule has 0 aliphatic heterocycles. The van der Waals surface area contributed by atoms with Gasteiger partial charge in [-0.2, -0.15) is 11.3 Å². The SMILES string of the molecule is C=CCn1c(C)cc(C(=O)COC(=O)Cc2csc(-c3ccsc3)n2)c1C. The molecule has 0 N–H and O–H groups in total. The van der Waals surface area contributed by atoms with Crippen molar-refractivity contribution in [3.05, 3.63) is 63.6 Å². The molecule has 0 amide bonds. The number of rotatable bonds is 8. The normalized spacial score (nSPS) is 10.7. The van der Waals surface area contributed by atoms with Crippen LogP contribution < -0.4 is 0 Å². The Balaban J connectivity index is 1.57. The van der Waals surface area contributed by atoms with Crippen molar-refractivity contribution in [3.8, 4) is 10.6 Å². The van der Waals surface area contributed by atoms with E-state index >= 15 is 0 Å². The zero-order valence-corrected chi connectivity index (χ0v) is 16.9. The number of thiophene rings is 1. The minimum atomic E-state index is -0.453. The maximum atomic E-state index is 12.4. The number of ether oxygens (including phenoxy) is 1. The quantitative estimate of drug-likeness (QED) is 0.318. The first-order valence-corrected chi connectivity index (χ1v) is 10.2. The number of carbonyl (C=O) groups is 2. The van der Waals surface area contributed by atoms with Crippen molar-refractivity contribution in [3.63, 3.8) is 0 Å². The molecule has 0 atom stereocenters. The molecule has 0 radical (unpaired) electrons. The molecule has 140 valence electrons. The first kappa shape index (κ1) is 19.3. The van der Waals surface area contributed by atoms with Crippen LogP contribution in [0.5, 0.6) is 0 Å². The predicted octanol–water partition coefficient (Wildman–Crippen LogP) is 4.44. The lowest BCUT2D eigenvalue weighted by Crippen LogP contribution is -2.16. The summed E-state index contributed by atoms with van der Waals surface area (Å²) in [6.45, 7) is 7.92. The number of aromatic nitrogens is 2. The molecule has 3 aromatic rings. The molecular weight excluding hydrogens is 380 g/mol. The number of carbonyl (C=O) groups excluding carboxylic acids is 2. The Hall–Kier alpha value is -2.51. The summed E-state index contributed by atoms with van der Waals surface area (Å²) in [5.74, 6) is -0.658. The summed E-state index contributed by atoms with van der Waals surface area (Å²) in [7, 11) is 0. The van der Waals surface area contributed by atoms with E-state index in [1.54, 1.807) is 17.4 Å². The van der Waals surface area contributed by atoms with Crippen LogP contribution in [-0.4, -0.2) is 27.9 Å². The van der Waals surface area contributed by atoms with Crippen LogP contribution in [0.25, 0.3) is 10.6 Å². The van der Waals surface area contributed by atoms with Gasteiger partial charge in [0.05, 0.1) is 12.1 Å². The van der Waals surface area contributed by atoms with Crippen LogP contribution >= 0.6 is 22.7 Å². The van der Waals surface area contributed by atoms with E-state index in [2.05, 4.69) is 11.6 Å². The minimum Gasteiger partial charge on any atom is -0.457 e. The monoisotopic (exact) mass is 400 g/mol. The Morgan fingerprint density at radius 3 is 2.85 bits per heavy atom. The zero-order chi connectivity index (χ0) is 19.4. The number of Topliss-reactive ketones (excluding diaryl/α,β-unsaturated/α-hetero) is 1. The van der Waals surface area contributed by atoms with Crippen LogP contribution in [0, 0.1) is 13.8 Å². The number of allylic oxidation sites excluding steroid dienone is 1. The molecule has 0 aromatic carbocycles. The molecule has 0 aliphatic carbocycles. The Kier molecular flexibility index (Phi) is 6.03. The molecule has 5 nitrogen and oxygen atoms in total. The maximum Gasteiger partial charge on any atom is 0.312 e. The number of thiazole rings is 1. The van der Waals surface area contributed by atoms with E-state index in [9.17, 15) is 9.59 Å². The van der Waals surface area contributed by atoms with Gasteiger partial charge in [-0.3, -0.25) is 9.59 Å². The van der Waals surface area contributed by atoms with E-state index in [0.717, 1.165) is 22.0 Å². The first-order chi connectivity index (χ1) is 13.0. The zero-order valence-electron chi connectivity index (χ0n) is 15.2. The van der Waals surface area contributed by atoms with Crippen molar-refractivity contribution in [1.82, 2.24) is 9.55 Å². The van der Waals surface area contributed by atoms with Crippen molar-refractivity contribution >= 4 is 34.4 Å². The molecule has 0 spiro atoms. The van der Waals surface area contributed by atoms with E-state index < -0.39 is 5.97 Å². The van der Waals surface area contributed by atoms with Crippen LogP contribution in [0.15, 0.2) is 40.9 Å². The molecule has 0 aliphatic rings. The summed E-state index contributed by atoms with van der Waals surface area (Å²) in [5.41, 5.74) is 4.12. The Morgan fingerprint density at radius 1 is 1.33 bits per heavy atom. The summed E-state index contributed by atoms with van der Waals surface area (Å²) in [6.07, 6.45) is 1.84. The third-order valence-corrected chi connectivity index (χ3v) is 5.82. The summed E-state index contributed by atoms with van der Waals surface area (Å²) in [4.78, 5) is 29.0. The van der Waals surface area contributed by atoms with Crippen LogP contribution in [-0.2, 0) is 22.5 Å². The summed E-state index contributed by atoms with van der Waals surface area (Å²) >= 11 is 3.10. The molecule has 0 saturated carbocycles. The summed E-state index contributed by atoms with van der Waals surface area (Å²) in [6, 6.07) is 3.82. The average molecular weight is 401 g/mol. The molecule has 0 unspecified atom stereocenters. The van der Waals surface area contributed by atoms with Gasteiger partial charge < -0.3 is 9.30 Å². The molecule has 3 heterocycles. The van der Waals surface area contributed by atoms with Crippen molar-refractivity contribution in [2.75, 3.05) is 6.61 Å². The number of hydrogen-bond donors (Lipinski definition) is 0. The van der Waals surface area contributed by atoms with Gasteiger partial charge in [-0.15, -0.1) is 17.9 Å². The van der Waals surface area contributed by atoms with E-state index in [-0.39, 0.29) is 18.8 Å². The summed E-state index contributed by atoms with van der Waals surface area (Å²) < 4.78 is 7.18. The van der Waals surface area contributed by atoms with Gasteiger partial charge >= 0.3 is 5.97 Å². The first-order valence-electron chi connectivity index (χ1n) is 8.43. The Morgan fingerprint density at radius 2 is 2.15 bits per heavy atom. The number of esters is 1. The van der Waals surface area contributed by atoms with Gasteiger partial charge in [-0.25, -0.2) is 4.98 Å². The second-order valence-electron chi connectivity index (χ2n) is 6.10. The third kappa shape index (κ3) is 4.43. The number of aryl methyl sites for hydroxylation is 1.